The van der Waals surface area contributed by atoms with Crippen LogP contribution in [0.25, 0.3) is 0 Å². The van der Waals surface area contributed by atoms with Crippen LogP contribution in [0.3, 0.4) is 0 Å². The molecule has 7 heteroatoms. The second-order valence-corrected chi connectivity index (χ2v) is 5.75. The second-order valence-electron chi connectivity index (χ2n) is 3.49. The average molecular weight is 348 g/mol. The van der Waals surface area contributed by atoms with Crippen LogP contribution in [-0.4, -0.2) is 16.1 Å². The molecule has 94 valence electrons. The SMILES string of the molecule is Cc1nc(Nc2ccc(Br)c(Cl)c2)sc1C(=O)O. The minimum absolute atomic E-state index is 0.237. The van der Waals surface area contributed by atoms with Gasteiger partial charge in [-0.05, 0) is 41.1 Å². The summed E-state index contributed by atoms with van der Waals surface area (Å²) >= 11 is 10.4. The molecule has 0 radical (unpaired) electrons. The maximum absolute atomic E-state index is 10.9. The molecule has 0 saturated carbocycles. The highest BCUT2D eigenvalue weighted by Gasteiger charge is 2.14. The number of anilines is 2. The lowest BCUT2D eigenvalue weighted by Crippen LogP contribution is -1.94. The van der Waals surface area contributed by atoms with E-state index in [1.807, 2.05) is 12.1 Å². The molecule has 0 amide bonds. The lowest BCUT2D eigenvalue weighted by atomic mass is 10.3. The Morgan fingerprint density at radius 2 is 2.28 bits per heavy atom. The number of halogens is 2. The highest BCUT2D eigenvalue weighted by atomic mass is 79.9. The van der Waals surface area contributed by atoms with Crippen LogP contribution in [0.5, 0.6) is 0 Å². The number of carbonyl (C=O) groups is 1. The number of aryl methyl sites for hydroxylation is 1. The number of nitrogens with zero attached hydrogens (tertiary/aromatic N) is 1. The zero-order valence-corrected chi connectivity index (χ0v) is 12.4. The Labute approximate surface area is 121 Å². The smallest absolute Gasteiger partial charge is 0.347 e. The molecule has 2 rings (SSSR count). The van der Waals surface area contributed by atoms with Crippen molar-refractivity contribution in [2.24, 2.45) is 0 Å². The third-order valence-corrected chi connectivity index (χ3v) is 4.46. The van der Waals surface area contributed by atoms with Crippen molar-refractivity contribution in [1.82, 2.24) is 4.98 Å². The van der Waals surface area contributed by atoms with Gasteiger partial charge in [-0.3, -0.25) is 0 Å². The number of carboxylic acid groups (broad SMARTS) is 1. The summed E-state index contributed by atoms with van der Waals surface area (Å²) in [5, 5.41) is 13.1. The van der Waals surface area contributed by atoms with Crippen LogP contribution in [0.15, 0.2) is 22.7 Å². The molecule has 18 heavy (non-hydrogen) atoms. The first-order valence-corrected chi connectivity index (χ1v) is 6.89. The highest BCUT2D eigenvalue weighted by Crippen LogP contribution is 2.29. The molecule has 0 aliphatic heterocycles. The van der Waals surface area contributed by atoms with Crippen LogP contribution in [0, 0.1) is 6.92 Å². The quantitative estimate of drug-likeness (QED) is 0.868. The summed E-state index contributed by atoms with van der Waals surface area (Å²) in [6, 6.07) is 5.37. The summed E-state index contributed by atoms with van der Waals surface area (Å²) in [7, 11) is 0. The zero-order chi connectivity index (χ0) is 13.3. The van der Waals surface area contributed by atoms with E-state index in [0.717, 1.165) is 21.5 Å². The third-order valence-electron chi connectivity index (χ3n) is 2.16. The fourth-order valence-corrected chi connectivity index (χ4v) is 2.60. The predicted octanol–water partition coefficient (Wildman–Crippen LogP) is 4.31. The minimum atomic E-state index is -0.966. The molecule has 0 unspecified atom stereocenters. The summed E-state index contributed by atoms with van der Waals surface area (Å²) in [6.45, 7) is 1.67. The summed E-state index contributed by atoms with van der Waals surface area (Å²) in [4.78, 5) is 15.3. The molecule has 0 bridgehead atoms. The normalized spacial score (nSPS) is 10.4. The molecule has 2 aromatic rings. The fourth-order valence-electron chi connectivity index (χ4n) is 1.35. The lowest BCUT2D eigenvalue weighted by molar-refractivity contribution is 0.0701. The Morgan fingerprint density at radius 3 is 2.83 bits per heavy atom. The van der Waals surface area contributed by atoms with Gasteiger partial charge in [0.25, 0.3) is 0 Å². The van der Waals surface area contributed by atoms with Crippen molar-refractivity contribution in [1.29, 1.82) is 0 Å². The van der Waals surface area contributed by atoms with Gasteiger partial charge in [0.15, 0.2) is 5.13 Å². The number of aromatic carboxylic acids is 1. The Hall–Kier alpha value is -1.11. The van der Waals surface area contributed by atoms with Crippen LogP contribution in [0.1, 0.15) is 15.4 Å². The number of carboxylic acids is 1. The molecule has 4 nitrogen and oxygen atoms in total. The van der Waals surface area contributed by atoms with Gasteiger partial charge in [0.05, 0.1) is 10.7 Å². The number of aromatic nitrogens is 1. The Bertz CT molecular complexity index is 615. The lowest BCUT2D eigenvalue weighted by Gasteiger charge is -2.03. The van der Waals surface area contributed by atoms with E-state index in [1.165, 1.54) is 0 Å². The van der Waals surface area contributed by atoms with Gasteiger partial charge in [-0.25, -0.2) is 9.78 Å². The maximum atomic E-state index is 10.9. The van der Waals surface area contributed by atoms with Crippen LogP contribution >= 0.6 is 38.9 Å². The molecular formula is C11H8BrClN2O2S. The highest BCUT2D eigenvalue weighted by molar-refractivity contribution is 9.10. The first kappa shape index (κ1) is 13.3. The maximum Gasteiger partial charge on any atom is 0.347 e. The van der Waals surface area contributed by atoms with Gasteiger partial charge in [0, 0.05) is 10.2 Å². The Morgan fingerprint density at radius 1 is 1.56 bits per heavy atom. The average Bonchev–Trinajstić information content (AvgIpc) is 2.65. The van der Waals surface area contributed by atoms with Crippen molar-refractivity contribution in [2.45, 2.75) is 6.92 Å². The van der Waals surface area contributed by atoms with Crippen molar-refractivity contribution in [3.05, 3.63) is 38.3 Å². The molecule has 1 aromatic carbocycles. The largest absolute Gasteiger partial charge is 0.477 e. The second kappa shape index (κ2) is 5.26. The molecule has 0 aliphatic rings. The number of thiazole rings is 1. The van der Waals surface area contributed by atoms with Gasteiger partial charge >= 0.3 is 5.97 Å². The zero-order valence-electron chi connectivity index (χ0n) is 9.20. The van der Waals surface area contributed by atoms with Gasteiger partial charge in [-0.2, -0.15) is 0 Å². The molecule has 0 fully saturated rings. The third kappa shape index (κ3) is 2.82. The Balaban J connectivity index is 2.26. The van der Waals surface area contributed by atoms with E-state index in [1.54, 1.807) is 13.0 Å². The standard InChI is InChI=1S/C11H8BrClN2O2S/c1-5-9(10(16)17)18-11(14-5)15-6-2-3-7(12)8(13)4-6/h2-4H,1H3,(H,14,15)(H,16,17). The molecule has 0 atom stereocenters. The van der Waals surface area contributed by atoms with Crippen LogP contribution in [0.2, 0.25) is 5.02 Å². The van der Waals surface area contributed by atoms with Crippen molar-refractivity contribution in [2.75, 3.05) is 5.32 Å². The first-order valence-electron chi connectivity index (χ1n) is 4.90. The van der Waals surface area contributed by atoms with E-state index in [0.29, 0.717) is 15.8 Å². The molecule has 0 spiro atoms. The summed E-state index contributed by atoms with van der Waals surface area (Å²) in [6.07, 6.45) is 0. The minimum Gasteiger partial charge on any atom is -0.477 e. The molecule has 0 saturated heterocycles. The molecular weight excluding hydrogens is 340 g/mol. The van der Waals surface area contributed by atoms with Gasteiger partial charge in [-0.1, -0.05) is 22.9 Å². The Kier molecular flexibility index (Phi) is 3.89. The van der Waals surface area contributed by atoms with Gasteiger partial charge in [0.1, 0.15) is 4.88 Å². The molecule has 1 heterocycles. The topological polar surface area (TPSA) is 62.2 Å². The molecule has 1 aromatic heterocycles. The monoisotopic (exact) mass is 346 g/mol. The number of nitrogens with one attached hydrogen (secondary N) is 1. The van der Waals surface area contributed by atoms with Crippen molar-refractivity contribution in [3.63, 3.8) is 0 Å². The van der Waals surface area contributed by atoms with E-state index in [9.17, 15) is 4.79 Å². The van der Waals surface area contributed by atoms with E-state index < -0.39 is 5.97 Å². The van der Waals surface area contributed by atoms with Gasteiger partial charge in [-0.15, -0.1) is 0 Å². The van der Waals surface area contributed by atoms with Gasteiger partial charge < -0.3 is 10.4 Å². The summed E-state index contributed by atoms with van der Waals surface area (Å²) in [5.74, 6) is -0.966. The summed E-state index contributed by atoms with van der Waals surface area (Å²) in [5.41, 5.74) is 1.26. The van der Waals surface area contributed by atoms with Crippen LogP contribution < -0.4 is 5.32 Å². The number of hydrogen-bond donors (Lipinski definition) is 2. The van der Waals surface area contributed by atoms with E-state index >= 15 is 0 Å². The number of hydrogen-bond acceptors (Lipinski definition) is 4. The fraction of sp³-hybridized carbons (Fsp3) is 0.0909. The van der Waals surface area contributed by atoms with Gasteiger partial charge in [0.2, 0.25) is 0 Å². The predicted molar refractivity (Wildman–Crippen MR) is 76.2 cm³/mol. The van der Waals surface area contributed by atoms with E-state index in [-0.39, 0.29) is 4.88 Å². The van der Waals surface area contributed by atoms with E-state index in [4.69, 9.17) is 16.7 Å². The van der Waals surface area contributed by atoms with E-state index in [2.05, 4.69) is 26.2 Å². The van der Waals surface area contributed by atoms with Crippen LogP contribution in [-0.2, 0) is 0 Å². The summed E-state index contributed by atoms with van der Waals surface area (Å²) < 4.78 is 0.802. The molecule has 2 N–H and O–H groups in total. The number of rotatable bonds is 3. The van der Waals surface area contributed by atoms with Crippen molar-refractivity contribution >= 4 is 55.7 Å². The van der Waals surface area contributed by atoms with Crippen molar-refractivity contribution in [3.8, 4) is 0 Å². The number of benzene rings is 1. The van der Waals surface area contributed by atoms with Crippen molar-refractivity contribution < 1.29 is 9.90 Å². The first-order chi connectivity index (χ1) is 8.47. The molecule has 0 aliphatic carbocycles. The van der Waals surface area contributed by atoms with Crippen LogP contribution in [0.4, 0.5) is 10.8 Å².